The lowest BCUT2D eigenvalue weighted by atomic mass is 9.91. The molecule has 1 unspecified atom stereocenters. The molecule has 1 aliphatic rings. The predicted octanol–water partition coefficient (Wildman–Crippen LogP) is 5.95. The van der Waals surface area contributed by atoms with Gasteiger partial charge in [-0.25, -0.2) is 4.99 Å². The SMILES string of the molecule is CCc1cc(N2C(=Nc3ccccc3)CC2c2ccccc2)cc(OC)c1OC. The second-order valence-corrected chi connectivity index (χ2v) is 7.06. The van der Waals surface area contributed by atoms with Gasteiger partial charge in [-0.1, -0.05) is 55.5 Å². The third kappa shape index (κ3) is 3.70. The van der Waals surface area contributed by atoms with Crippen LogP contribution in [-0.4, -0.2) is 20.1 Å². The number of aryl methyl sites for hydroxylation is 1. The number of anilines is 1. The molecule has 1 fully saturated rings. The Hall–Kier alpha value is -3.27. The van der Waals surface area contributed by atoms with E-state index in [2.05, 4.69) is 48.2 Å². The Morgan fingerprint density at radius 2 is 1.62 bits per heavy atom. The van der Waals surface area contributed by atoms with Crippen molar-refractivity contribution in [2.24, 2.45) is 4.99 Å². The van der Waals surface area contributed by atoms with Crippen molar-refractivity contribution < 1.29 is 9.47 Å². The fraction of sp³-hybridized carbons (Fsp3) is 0.240. The fourth-order valence-electron chi connectivity index (χ4n) is 3.88. The van der Waals surface area contributed by atoms with E-state index in [1.54, 1.807) is 14.2 Å². The van der Waals surface area contributed by atoms with Crippen LogP contribution in [0.4, 0.5) is 11.4 Å². The first kappa shape index (κ1) is 19.1. The zero-order valence-corrected chi connectivity index (χ0v) is 17.1. The number of nitrogens with zero attached hydrogens (tertiary/aromatic N) is 2. The molecule has 4 nitrogen and oxygen atoms in total. The van der Waals surface area contributed by atoms with Crippen molar-refractivity contribution >= 4 is 17.2 Å². The van der Waals surface area contributed by atoms with E-state index in [1.165, 1.54) is 5.56 Å². The molecular weight excluding hydrogens is 360 g/mol. The van der Waals surface area contributed by atoms with Gasteiger partial charge >= 0.3 is 0 Å². The molecule has 1 aliphatic heterocycles. The molecule has 0 N–H and O–H groups in total. The summed E-state index contributed by atoms with van der Waals surface area (Å²) in [5.74, 6) is 2.61. The van der Waals surface area contributed by atoms with Crippen LogP contribution in [0.1, 0.15) is 30.5 Å². The molecule has 0 saturated carbocycles. The zero-order valence-electron chi connectivity index (χ0n) is 17.1. The third-order valence-corrected chi connectivity index (χ3v) is 5.36. The largest absolute Gasteiger partial charge is 0.493 e. The lowest BCUT2D eigenvalue weighted by Gasteiger charge is -2.44. The summed E-state index contributed by atoms with van der Waals surface area (Å²) in [5.41, 5.74) is 4.46. The summed E-state index contributed by atoms with van der Waals surface area (Å²) >= 11 is 0. The van der Waals surface area contributed by atoms with Gasteiger partial charge in [0, 0.05) is 18.2 Å². The van der Waals surface area contributed by atoms with Crippen molar-refractivity contribution in [3.8, 4) is 11.5 Å². The standard InChI is InChI=1S/C25H26N2O2/c1-4-18-15-21(16-23(28-2)25(18)29-3)27-22(19-11-7-5-8-12-19)17-24(27)26-20-13-9-6-10-14-20/h5-16,22H,4,17H2,1-3H3. The average Bonchev–Trinajstić information content (AvgIpc) is 2.76. The smallest absolute Gasteiger partial charge is 0.164 e. The van der Waals surface area contributed by atoms with Crippen LogP contribution in [0.25, 0.3) is 0 Å². The summed E-state index contributed by atoms with van der Waals surface area (Å²) < 4.78 is 11.2. The summed E-state index contributed by atoms with van der Waals surface area (Å²) in [6.07, 6.45) is 1.76. The van der Waals surface area contributed by atoms with Gasteiger partial charge in [0.1, 0.15) is 5.84 Å². The van der Waals surface area contributed by atoms with Crippen LogP contribution in [0.2, 0.25) is 0 Å². The van der Waals surface area contributed by atoms with Crippen molar-refractivity contribution in [2.75, 3.05) is 19.1 Å². The highest BCUT2D eigenvalue weighted by molar-refractivity contribution is 6.06. The van der Waals surface area contributed by atoms with E-state index in [0.717, 1.165) is 47.1 Å². The molecule has 0 aliphatic carbocycles. The zero-order chi connectivity index (χ0) is 20.2. The van der Waals surface area contributed by atoms with E-state index in [1.807, 2.05) is 36.4 Å². The van der Waals surface area contributed by atoms with Gasteiger partial charge in [0.15, 0.2) is 11.5 Å². The molecule has 0 amide bonds. The Bertz CT molecular complexity index is 975. The summed E-state index contributed by atoms with van der Waals surface area (Å²) in [7, 11) is 3.38. The molecule has 1 heterocycles. The third-order valence-electron chi connectivity index (χ3n) is 5.36. The molecule has 1 atom stereocenters. The van der Waals surface area contributed by atoms with Crippen molar-refractivity contribution in [1.82, 2.24) is 0 Å². The lowest BCUT2D eigenvalue weighted by molar-refractivity contribution is 0.352. The summed E-state index contributed by atoms with van der Waals surface area (Å²) in [4.78, 5) is 7.23. The highest BCUT2D eigenvalue weighted by Gasteiger charge is 2.37. The van der Waals surface area contributed by atoms with Crippen molar-refractivity contribution in [1.29, 1.82) is 0 Å². The minimum absolute atomic E-state index is 0.251. The molecule has 3 aromatic carbocycles. The first-order chi connectivity index (χ1) is 14.2. The maximum absolute atomic E-state index is 5.64. The number of methoxy groups -OCH3 is 2. The summed E-state index contributed by atoms with van der Waals surface area (Å²) in [6.45, 7) is 2.13. The van der Waals surface area contributed by atoms with Crippen LogP contribution >= 0.6 is 0 Å². The quantitative estimate of drug-likeness (QED) is 0.525. The van der Waals surface area contributed by atoms with Gasteiger partial charge in [0.2, 0.25) is 0 Å². The van der Waals surface area contributed by atoms with E-state index in [-0.39, 0.29) is 6.04 Å². The van der Waals surface area contributed by atoms with E-state index >= 15 is 0 Å². The molecule has 4 rings (SSSR count). The van der Waals surface area contributed by atoms with Crippen LogP contribution < -0.4 is 14.4 Å². The minimum Gasteiger partial charge on any atom is -0.493 e. The Balaban J connectivity index is 1.80. The molecule has 29 heavy (non-hydrogen) atoms. The number of hydrogen-bond donors (Lipinski definition) is 0. The van der Waals surface area contributed by atoms with Gasteiger partial charge in [-0.3, -0.25) is 0 Å². The van der Waals surface area contributed by atoms with Crippen LogP contribution in [0, 0.1) is 0 Å². The van der Waals surface area contributed by atoms with E-state index < -0.39 is 0 Å². The minimum atomic E-state index is 0.251. The first-order valence-corrected chi connectivity index (χ1v) is 9.96. The summed E-state index contributed by atoms with van der Waals surface area (Å²) in [5, 5.41) is 0. The molecular formula is C25H26N2O2. The number of rotatable bonds is 6. The topological polar surface area (TPSA) is 34.1 Å². The predicted molar refractivity (Wildman–Crippen MR) is 119 cm³/mol. The van der Waals surface area contributed by atoms with E-state index in [0.29, 0.717) is 0 Å². The van der Waals surface area contributed by atoms with Crippen LogP contribution in [0.15, 0.2) is 77.8 Å². The maximum Gasteiger partial charge on any atom is 0.164 e. The molecule has 0 radical (unpaired) electrons. The van der Waals surface area contributed by atoms with E-state index in [4.69, 9.17) is 14.5 Å². The highest BCUT2D eigenvalue weighted by atomic mass is 16.5. The van der Waals surface area contributed by atoms with Gasteiger partial charge in [-0.2, -0.15) is 0 Å². The number of para-hydroxylation sites is 1. The molecule has 1 saturated heterocycles. The number of ether oxygens (including phenoxy) is 2. The number of amidine groups is 1. The molecule has 0 aromatic heterocycles. The number of hydrogen-bond acceptors (Lipinski definition) is 3. The molecule has 3 aromatic rings. The van der Waals surface area contributed by atoms with Gasteiger partial charge in [-0.05, 0) is 35.7 Å². The molecule has 0 bridgehead atoms. The van der Waals surface area contributed by atoms with Crippen LogP contribution in [-0.2, 0) is 6.42 Å². The first-order valence-electron chi connectivity index (χ1n) is 9.96. The normalized spacial score (nSPS) is 17.1. The lowest BCUT2D eigenvalue weighted by Crippen LogP contribution is -2.46. The number of aliphatic imine (C=N–C) groups is 1. The van der Waals surface area contributed by atoms with Crippen LogP contribution in [0.5, 0.6) is 11.5 Å². The maximum atomic E-state index is 5.64. The molecule has 148 valence electrons. The Kier molecular flexibility index (Phi) is 5.52. The second-order valence-electron chi connectivity index (χ2n) is 7.06. The summed E-state index contributed by atoms with van der Waals surface area (Å²) in [6, 6.07) is 25.2. The van der Waals surface area contributed by atoms with Crippen molar-refractivity contribution in [3.05, 3.63) is 83.9 Å². The second kappa shape index (κ2) is 8.39. The highest BCUT2D eigenvalue weighted by Crippen LogP contribution is 2.44. The van der Waals surface area contributed by atoms with Gasteiger partial charge in [-0.15, -0.1) is 0 Å². The van der Waals surface area contributed by atoms with Gasteiger partial charge < -0.3 is 14.4 Å². The van der Waals surface area contributed by atoms with Gasteiger partial charge in [0.25, 0.3) is 0 Å². The van der Waals surface area contributed by atoms with Crippen molar-refractivity contribution in [2.45, 2.75) is 25.8 Å². The van der Waals surface area contributed by atoms with Crippen molar-refractivity contribution in [3.63, 3.8) is 0 Å². The number of benzene rings is 3. The Morgan fingerprint density at radius 1 is 0.931 bits per heavy atom. The molecule has 0 spiro atoms. The average molecular weight is 386 g/mol. The Morgan fingerprint density at radius 3 is 2.24 bits per heavy atom. The fourth-order valence-corrected chi connectivity index (χ4v) is 3.88. The molecule has 4 heteroatoms. The van der Waals surface area contributed by atoms with E-state index in [9.17, 15) is 0 Å². The van der Waals surface area contributed by atoms with Crippen LogP contribution in [0.3, 0.4) is 0 Å². The van der Waals surface area contributed by atoms with Gasteiger partial charge in [0.05, 0.1) is 25.9 Å². The Labute approximate surface area is 172 Å². The monoisotopic (exact) mass is 386 g/mol.